The molecule has 0 bridgehead atoms. The highest BCUT2D eigenvalue weighted by molar-refractivity contribution is 9.09. The van der Waals surface area contributed by atoms with E-state index in [2.05, 4.69) is 61.8 Å². The van der Waals surface area contributed by atoms with Crippen LogP contribution >= 0.6 is 15.9 Å². The second-order valence-electron chi connectivity index (χ2n) is 4.52. The van der Waals surface area contributed by atoms with Gasteiger partial charge in [0.15, 0.2) is 0 Å². The summed E-state index contributed by atoms with van der Waals surface area (Å²) in [6, 6.07) is 6.81. The number of hydrogen-bond acceptors (Lipinski definition) is 0. The number of aryl methyl sites for hydroxylation is 2. The lowest BCUT2D eigenvalue weighted by atomic mass is 9.95. The molecule has 0 amide bonds. The van der Waals surface area contributed by atoms with Gasteiger partial charge in [-0.05, 0) is 49.3 Å². The largest absolute Gasteiger partial charge is 0.0888 e. The number of benzene rings is 1. The molecule has 0 aliphatic carbocycles. The minimum Gasteiger partial charge on any atom is -0.0888 e. The van der Waals surface area contributed by atoms with Gasteiger partial charge in [0.1, 0.15) is 0 Å². The molecule has 0 aromatic heterocycles. The van der Waals surface area contributed by atoms with E-state index in [1.165, 1.54) is 29.5 Å². The van der Waals surface area contributed by atoms with Crippen molar-refractivity contribution >= 4 is 15.9 Å². The van der Waals surface area contributed by atoms with E-state index in [-0.39, 0.29) is 0 Å². The van der Waals surface area contributed by atoms with Gasteiger partial charge >= 0.3 is 0 Å². The Kier molecular flexibility index (Phi) is 4.85. The Labute approximate surface area is 102 Å². The van der Waals surface area contributed by atoms with Gasteiger partial charge in [-0.3, -0.25) is 0 Å². The van der Waals surface area contributed by atoms with Gasteiger partial charge in [0.25, 0.3) is 0 Å². The number of halogens is 1. The van der Waals surface area contributed by atoms with Gasteiger partial charge in [0, 0.05) is 4.83 Å². The first-order chi connectivity index (χ1) is 7.04. The number of rotatable bonds is 4. The van der Waals surface area contributed by atoms with Crippen LogP contribution in [-0.4, -0.2) is 4.83 Å². The minimum atomic E-state index is 0.638. The van der Waals surface area contributed by atoms with Crippen LogP contribution in [0.1, 0.15) is 37.0 Å². The second-order valence-corrected chi connectivity index (χ2v) is 5.70. The Bertz CT molecular complexity index is 317. The van der Waals surface area contributed by atoms with Crippen LogP contribution in [0, 0.1) is 19.8 Å². The summed E-state index contributed by atoms with van der Waals surface area (Å²) in [5, 5.41) is 0. The highest BCUT2D eigenvalue weighted by Gasteiger charge is 2.12. The lowest BCUT2D eigenvalue weighted by molar-refractivity contribution is 0.545. The van der Waals surface area contributed by atoms with E-state index in [4.69, 9.17) is 0 Å². The molecule has 1 aromatic rings. The molecule has 0 heterocycles. The molecule has 1 aromatic carbocycles. The number of hydrogen-bond donors (Lipinski definition) is 0. The summed E-state index contributed by atoms with van der Waals surface area (Å²) in [6.45, 7) is 8.91. The molecule has 0 saturated carbocycles. The first kappa shape index (κ1) is 12.8. The molecule has 0 radical (unpaired) electrons. The van der Waals surface area contributed by atoms with Crippen LogP contribution in [0.2, 0.25) is 0 Å². The molecular formula is C14H21Br. The average Bonchev–Trinajstić information content (AvgIpc) is 2.22. The van der Waals surface area contributed by atoms with Crippen LogP contribution in [0.4, 0.5) is 0 Å². The first-order valence-corrected chi connectivity index (χ1v) is 6.66. The third kappa shape index (κ3) is 3.64. The highest BCUT2D eigenvalue weighted by atomic mass is 79.9. The summed E-state index contributed by atoms with van der Waals surface area (Å²) in [7, 11) is 0. The maximum absolute atomic E-state index is 3.73. The van der Waals surface area contributed by atoms with Gasteiger partial charge < -0.3 is 0 Å². The summed E-state index contributed by atoms with van der Waals surface area (Å²) in [5.74, 6) is 0.706. The molecule has 0 aliphatic rings. The highest BCUT2D eigenvalue weighted by Crippen LogP contribution is 2.21. The van der Waals surface area contributed by atoms with Crippen molar-refractivity contribution in [3.63, 3.8) is 0 Å². The lowest BCUT2D eigenvalue weighted by Crippen LogP contribution is -2.12. The molecule has 0 aliphatic heterocycles. The molecule has 1 rings (SSSR count). The van der Waals surface area contributed by atoms with Crippen LogP contribution in [-0.2, 0) is 6.42 Å². The van der Waals surface area contributed by atoms with Gasteiger partial charge in [-0.15, -0.1) is 0 Å². The quantitative estimate of drug-likeness (QED) is 0.697. The molecule has 1 heteroatoms. The third-order valence-electron chi connectivity index (χ3n) is 3.14. The number of alkyl halides is 1. The minimum absolute atomic E-state index is 0.638. The van der Waals surface area contributed by atoms with Crippen molar-refractivity contribution in [3.05, 3.63) is 34.9 Å². The van der Waals surface area contributed by atoms with Gasteiger partial charge in [-0.25, -0.2) is 0 Å². The van der Waals surface area contributed by atoms with E-state index in [0.29, 0.717) is 10.7 Å². The zero-order valence-electron chi connectivity index (χ0n) is 10.2. The molecule has 15 heavy (non-hydrogen) atoms. The monoisotopic (exact) mass is 268 g/mol. The van der Waals surface area contributed by atoms with Gasteiger partial charge in [0.05, 0.1) is 0 Å². The molecular weight excluding hydrogens is 248 g/mol. The fourth-order valence-corrected chi connectivity index (χ4v) is 2.02. The zero-order valence-corrected chi connectivity index (χ0v) is 11.8. The van der Waals surface area contributed by atoms with Crippen LogP contribution in [0.15, 0.2) is 18.2 Å². The predicted molar refractivity (Wildman–Crippen MR) is 71.8 cm³/mol. The van der Waals surface area contributed by atoms with Crippen molar-refractivity contribution < 1.29 is 0 Å². The lowest BCUT2D eigenvalue weighted by Gasteiger charge is -2.17. The van der Waals surface area contributed by atoms with E-state index in [1.54, 1.807) is 0 Å². The van der Waals surface area contributed by atoms with Crippen LogP contribution in [0.3, 0.4) is 0 Å². The topological polar surface area (TPSA) is 0 Å². The van der Waals surface area contributed by atoms with Crippen molar-refractivity contribution in [3.8, 4) is 0 Å². The summed E-state index contributed by atoms with van der Waals surface area (Å²) < 4.78 is 0. The van der Waals surface area contributed by atoms with E-state index in [1.807, 2.05) is 0 Å². The second kappa shape index (κ2) is 5.69. The molecule has 0 N–H and O–H groups in total. The maximum atomic E-state index is 3.73. The summed E-state index contributed by atoms with van der Waals surface area (Å²) in [4.78, 5) is 0.638. The standard InChI is InChI=1S/C14H21Br/c1-5-14(15)12(4)9-13-7-6-10(2)11(3)8-13/h6-8,12,14H,5,9H2,1-4H3. The third-order valence-corrected chi connectivity index (χ3v) is 4.69. The Morgan fingerprint density at radius 1 is 1.20 bits per heavy atom. The summed E-state index contributed by atoms with van der Waals surface area (Å²) in [5.41, 5.74) is 4.25. The van der Waals surface area contributed by atoms with Crippen molar-refractivity contribution in [2.45, 2.75) is 45.4 Å². The maximum Gasteiger partial charge on any atom is 0.0172 e. The van der Waals surface area contributed by atoms with Crippen molar-refractivity contribution in [1.82, 2.24) is 0 Å². The first-order valence-electron chi connectivity index (χ1n) is 5.74. The molecule has 2 atom stereocenters. The summed E-state index contributed by atoms with van der Waals surface area (Å²) in [6.07, 6.45) is 2.37. The molecule has 0 fully saturated rings. The SMILES string of the molecule is CCC(Br)C(C)Cc1ccc(C)c(C)c1. The smallest absolute Gasteiger partial charge is 0.0172 e. The van der Waals surface area contributed by atoms with Crippen molar-refractivity contribution in [2.24, 2.45) is 5.92 Å². The predicted octanol–water partition coefficient (Wildman–Crippen LogP) is 4.66. The average molecular weight is 269 g/mol. The van der Waals surface area contributed by atoms with Crippen LogP contribution in [0.5, 0.6) is 0 Å². The van der Waals surface area contributed by atoms with Crippen LogP contribution in [0.25, 0.3) is 0 Å². The fraction of sp³-hybridized carbons (Fsp3) is 0.571. The van der Waals surface area contributed by atoms with Crippen LogP contribution < -0.4 is 0 Å². The zero-order chi connectivity index (χ0) is 11.4. The van der Waals surface area contributed by atoms with Gasteiger partial charge in [-0.2, -0.15) is 0 Å². The molecule has 0 nitrogen and oxygen atoms in total. The van der Waals surface area contributed by atoms with E-state index < -0.39 is 0 Å². The van der Waals surface area contributed by atoms with E-state index >= 15 is 0 Å². The Morgan fingerprint density at radius 2 is 1.87 bits per heavy atom. The fourth-order valence-electron chi connectivity index (χ4n) is 1.83. The Balaban J connectivity index is 2.68. The van der Waals surface area contributed by atoms with Gasteiger partial charge in [0.2, 0.25) is 0 Å². The Hall–Kier alpha value is -0.300. The molecule has 0 saturated heterocycles. The van der Waals surface area contributed by atoms with E-state index in [9.17, 15) is 0 Å². The van der Waals surface area contributed by atoms with Gasteiger partial charge in [-0.1, -0.05) is 48.0 Å². The van der Waals surface area contributed by atoms with Crippen molar-refractivity contribution in [2.75, 3.05) is 0 Å². The molecule has 84 valence electrons. The van der Waals surface area contributed by atoms with Crippen molar-refractivity contribution in [1.29, 1.82) is 0 Å². The molecule has 0 spiro atoms. The normalized spacial score (nSPS) is 15.0. The molecule has 2 unspecified atom stereocenters. The summed E-state index contributed by atoms with van der Waals surface area (Å²) >= 11 is 3.73. The van der Waals surface area contributed by atoms with E-state index in [0.717, 1.165) is 0 Å². The Morgan fingerprint density at radius 3 is 2.40 bits per heavy atom.